The van der Waals surface area contributed by atoms with Gasteiger partial charge < -0.3 is 4.74 Å². The van der Waals surface area contributed by atoms with Gasteiger partial charge in [-0.1, -0.05) is 48.7 Å². The number of hydrogen-bond donors (Lipinski definition) is 0. The third-order valence-corrected chi connectivity index (χ3v) is 5.46. The highest BCUT2D eigenvalue weighted by Gasteiger charge is 2.12. The normalized spacial score (nSPS) is 10.9. The van der Waals surface area contributed by atoms with Crippen molar-refractivity contribution in [1.82, 2.24) is 19.2 Å². The largest absolute Gasteiger partial charge is 0.494 e. The maximum Gasteiger partial charge on any atom is 0.300 e. The molecule has 0 bridgehead atoms. The van der Waals surface area contributed by atoms with Gasteiger partial charge in [0.05, 0.1) is 6.61 Å². The van der Waals surface area contributed by atoms with Gasteiger partial charge in [-0.05, 0) is 42.3 Å². The van der Waals surface area contributed by atoms with E-state index in [-0.39, 0.29) is 5.56 Å². The van der Waals surface area contributed by atoms with Crippen molar-refractivity contribution in [2.45, 2.75) is 17.8 Å². The van der Waals surface area contributed by atoms with Crippen LogP contribution in [0.2, 0.25) is 0 Å². The molecule has 0 spiro atoms. The number of hydrogen-bond acceptors (Lipinski definition) is 5. The molecule has 2 aromatic carbocycles. The molecule has 4 rings (SSSR count). The molecular formula is C22H20N4O2S. The monoisotopic (exact) mass is 404 g/mol. The highest BCUT2D eigenvalue weighted by Crippen LogP contribution is 2.22. The quantitative estimate of drug-likeness (QED) is 0.432. The lowest BCUT2D eigenvalue weighted by Crippen LogP contribution is -2.20. The predicted octanol–water partition coefficient (Wildman–Crippen LogP) is 4.21. The lowest BCUT2D eigenvalue weighted by Gasteiger charge is -2.08. The van der Waals surface area contributed by atoms with Crippen molar-refractivity contribution in [3.8, 4) is 11.4 Å². The molecule has 146 valence electrons. The van der Waals surface area contributed by atoms with Crippen LogP contribution in [0.1, 0.15) is 18.1 Å². The minimum Gasteiger partial charge on any atom is -0.494 e. The Kier molecular flexibility index (Phi) is 5.48. The minimum absolute atomic E-state index is 0.216. The number of fused-ring (bicyclic) bond motifs is 1. The van der Waals surface area contributed by atoms with Gasteiger partial charge in [0.25, 0.3) is 0 Å². The number of rotatable bonds is 7. The molecule has 6 nitrogen and oxygen atoms in total. The van der Waals surface area contributed by atoms with Crippen LogP contribution in [0, 0.1) is 0 Å². The van der Waals surface area contributed by atoms with Crippen molar-refractivity contribution >= 4 is 23.5 Å². The van der Waals surface area contributed by atoms with Crippen LogP contribution in [0.5, 0.6) is 5.75 Å². The van der Waals surface area contributed by atoms with Crippen LogP contribution in [0.4, 0.5) is 0 Å². The molecule has 4 aromatic rings. The number of thioether (sulfide) groups is 1. The molecule has 0 radical (unpaired) electrons. The molecule has 0 saturated carbocycles. The van der Waals surface area contributed by atoms with Crippen molar-refractivity contribution in [3.05, 3.63) is 89.0 Å². The molecule has 2 aromatic heterocycles. The first-order valence-electron chi connectivity index (χ1n) is 9.23. The highest BCUT2D eigenvalue weighted by atomic mass is 32.2. The maximum atomic E-state index is 12.9. The number of nitrogens with zero attached hydrogens (tertiary/aromatic N) is 4. The standard InChI is InChI=1S/C22H20N4O2S/c1-3-16-5-7-17(8-6-16)15-29-22-24-23-20-21(27)25(13-14-26(20)22)18-9-11-19(12-10-18)28-4-2/h3,5-14H,1,4,15H2,2H3. The first kappa shape index (κ1) is 19.0. The van der Waals surface area contributed by atoms with Gasteiger partial charge >= 0.3 is 5.56 Å². The average Bonchev–Trinajstić information content (AvgIpc) is 3.18. The molecule has 7 heteroatoms. The summed E-state index contributed by atoms with van der Waals surface area (Å²) >= 11 is 1.54. The van der Waals surface area contributed by atoms with Crippen molar-refractivity contribution in [1.29, 1.82) is 0 Å². The number of benzene rings is 2. The van der Waals surface area contributed by atoms with Gasteiger partial charge in [0.2, 0.25) is 5.65 Å². The molecule has 0 aliphatic carbocycles. The van der Waals surface area contributed by atoms with Crippen molar-refractivity contribution in [2.75, 3.05) is 6.61 Å². The van der Waals surface area contributed by atoms with Gasteiger partial charge in [-0.3, -0.25) is 13.8 Å². The van der Waals surface area contributed by atoms with Gasteiger partial charge in [-0.2, -0.15) is 0 Å². The Bertz CT molecular complexity index is 1190. The number of ether oxygens (including phenoxy) is 1. The van der Waals surface area contributed by atoms with Gasteiger partial charge in [0.15, 0.2) is 5.16 Å². The van der Waals surface area contributed by atoms with Crippen LogP contribution in [0.3, 0.4) is 0 Å². The molecular weight excluding hydrogens is 384 g/mol. The van der Waals surface area contributed by atoms with Crippen LogP contribution in [-0.4, -0.2) is 25.8 Å². The zero-order valence-electron chi connectivity index (χ0n) is 16.0. The molecule has 29 heavy (non-hydrogen) atoms. The maximum absolute atomic E-state index is 12.9. The van der Waals surface area contributed by atoms with E-state index in [0.29, 0.717) is 17.4 Å². The van der Waals surface area contributed by atoms with Crippen LogP contribution in [0.15, 0.2) is 77.5 Å². The Morgan fingerprint density at radius 1 is 1.07 bits per heavy atom. The Hall–Kier alpha value is -3.32. The predicted molar refractivity (Wildman–Crippen MR) is 116 cm³/mol. The van der Waals surface area contributed by atoms with Crippen LogP contribution in [-0.2, 0) is 5.75 Å². The molecule has 0 N–H and O–H groups in total. The fraction of sp³-hybridized carbons (Fsp3) is 0.136. The van der Waals surface area contributed by atoms with E-state index in [1.54, 1.807) is 15.2 Å². The minimum atomic E-state index is -0.216. The summed E-state index contributed by atoms with van der Waals surface area (Å²) in [5.74, 6) is 1.51. The van der Waals surface area contributed by atoms with Crippen LogP contribution < -0.4 is 10.3 Å². The lowest BCUT2D eigenvalue weighted by atomic mass is 10.1. The first-order valence-corrected chi connectivity index (χ1v) is 10.2. The molecule has 0 aliphatic rings. The summed E-state index contributed by atoms with van der Waals surface area (Å²) < 4.78 is 8.75. The molecule has 0 fully saturated rings. The van der Waals surface area contributed by atoms with E-state index in [1.807, 2.05) is 55.6 Å². The zero-order chi connectivity index (χ0) is 20.2. The lowest BCUT2D eigenvalue weighted by molar-refractivity contribution is 0.340. The van der Waals surface area contributed by atoms with E-state index in [0.717, 1.165) is 22.8 Å². The molecule has 0 atom stereocenters. The van der Waals surface area contributed by atoms with Crippen LogP contribution >= 0.6 is 11.8 Å². The SMILES string of the molecule is C=Cc1ccc(CSc2nnc3c(=O)n(-c4ccc(OCC)cc4)ccn23)cc1. The number of aromatic nitrogens is 4. The Balaban J connectivity index is 1.58. The molecule has 0 aliphatic heterocycles. The Labute approximate surface area is 172 Å². The fourth-order valence-corrected chi connectivity index (χ4v) is 3.81. The summed E-state index contributed by atoms with van der Waals surface area (Å²) in [6.07, 6.45) is 5.37. The highest BCUT2D eigenvalue weighted by molar-refractivity contribution is 7.98. The van der Waals surface area contributed by atoms with E-state index >= 15 is 0 Å². The van der Waals surface area contributed by atoms with E-state index in [4.69, 9.17) is 4.74 Å². The average molecular weight is 404 g/mol. The fourth-order valence-electron chi connectivity index (χ4n) is 2.94. The summed E-state index contributed by atoms with van der Waals surface area (Å²) in [6.45, 7) is 6.30. The zero-order valence-corrected chi connectivity index (χ0v) is 16.8. The van der Waals surface area contributed by atoms with Crippen molar-refractivity contribution in [2.24, 2.45) is 0 Å². The van der Waals surface area contributed by atoms with E-state index in [9.17, 15) is 4.79 Å². The first-order chi connectivity index (χ1) is 14.2. The van der Waals surface area contributed by atoms with Crippen molar-refractivity contribution in [3.63, 3.8) is 0 Å². The molecule has 2 heterocycles. The third kappa shape index (κ3) is 3.95. The molecule has 0 amide bonds. The summed E-state index contributed by atoms with van der Waals surface area (Å²) in [4.78, 5) is 12.9. The summed E-state index contributed by atoms with van der Waals surface area (Å²) in [7, 11) is 0. The van der Waals surface area contributed by atoms with E-state index < -0.39 is 0 Å². The second-order valence-corrected chi connectivity index (χ2v) is 7.25. The van der Waals surface area contributed by atoms with Gasteiger partial charge in [0.1, 0.15) is 5.75 Å². The Morgan fingerprint density at radius 3 is 2.52 bits per heavy atom. The van der Waals surface area contributed by atoms with E-state index in [1.165, 1.54) is 17.3 Å². The van der Waals surface area contributed by atoms with Gasteiger partial charge in [0, 0.05) is 23.8 Å². The smallest absolute Gasteiger partial charge is 0.300 e. The summed E-state index contributed by atoms with van der Waals surface area (Å²) in [5, 5.41) is 9.00. The second-order valence-electron chi connectivity index (χ2n) is 6.31. The Morgan fingerprint density at radius 2 is 1.83 bits per heavy atom. The molecule has 0 saturated heterocycles. The van der Waals surface area contributed by atoms with Gasteiger partial charge in [-0.25, -0.2) is 0 Å². The molecule has 0 unspecified atom stereocenters. The summed E-state index contributed by atoms with van der Waals surface area (Å²) in [6, 6.07) is 15.6. The summed E-state index contributed by atoms with van der Waals surface area (Å²) in [5.41, 5.74) is 3.08. The van der Waals surface area contributed by atoms with Crippen molar-refractivity contribution < 1.29 is 4.74 Å². The second kappa shape index (κ2) is 8.36. The van der Waals surface area contributed by atoms with E-state index in [2.05, 4.69) is 28.9 Å². The van der Waals surface area contributed by atoms with Crippen LogP contribution in [0.25, 0.3) is 17.4 Å². The van der Waals surface area contributed by atoms with Gasteiger partial charge in [-0.15, -0.1) is 10.2 Å². The topological polar surface area (TPSA) is 61.4 Å². The third-order valence-electron chi connectivity index (χ3n) is 4.45.